The van der Waals surface area contributed by atoms with Crippen LogP contribution in [-0.2, 0) is 10.0 Å². The molecule has 8 nitrogen and oxygen atoms in total. The van der Waals surface area contributed by atoms with Gasteiger partial charge in [-0.1, -0.05) is 6.07 Å². The molecule has 2 rings (SSSR count). The highest BCUT2D eigenvalue weighted by Crippen LogP contribution is 2.51. The molecule has 1 heterocycles. The van der Waals surface area contributed by atoms with Crippen molar-refractivity contribution in [2.24, 2.45) is 0 Å². The van der Waals surface area contributed by atoms with Crippen molar-refractivity contribution in [2.75, 3.05) is 31.3 Å². The van der Waals surface area contributed by atoms with E-state index in [1.54, 1.807) is 18.2 Å². The first-order chi connectivity index (χ1) is 11.3. The molecule has 1 aromatic heterocycles. The molecule has 0 radical (unpaired) electrons. The highest BCUT2D eigenvalue weighted by atomic mass is 32.2. The van der Waals surface area contributed by atoms with Gasteiger partial charge >= 0.3 is 0 Å². The molecular weight excluding hydrogens is 338 g/mol. The highest BCUT2D eigenvalue weighted by Gasteiger charge is 2.31. The van der Waals surface area contributed by atoms with Crippen LogP contribution in [0.25, 0.3) is 11.3 Å². The third-order valence-corrected chi connectivity index (χ3v) is 5.29. The van der Waals surface area contributed by atoms with E-state index in [0.29, 0.717) is 11.5 Å². The number of aromatic hydroxyl groups is 2. The Bertz CT molecular complexity index is 819. The zero-order valence-corrected chi connectivity index (χ0v) is 14.5. The van der Waals surface area contributed by atoms with Crippen LogP contribution in [0.2, 0.25) is 0 Å². The van der Waals surface area contributed by atoms with Crippen LogP contribution in [0.1, 0.15) is 6.92 Å². The second kappa shape index (κ2) is 6.52. The fourth-order valence-electron chi connectivity index (χ4n) is 2.18. The molecule has 0 bridgehead atoms. The van der Waals surface area contributed by atoms with Crippen molar-refractivity contribution in [2.45, 2.75) is 6.92 Å². The Labute approximate surface area is 139 Å². The molecule has 2 N–H and O–H groups in total. The minimum absolute atomic E-state index is 0.157. The molecule has 0 aliphatic heterocycles. The summed E-state index contributed by atoms with van der Waals surface area (Å²) < 4.78 is 40.6. The van der Waals surface area contributed by atoms with Crippen molar-refractivity contribution in [3.63, 3.8) is 0 Å². The van der Waals surface area contributed by atoms with Crippen LogP contribution in [-0.4, -0.2) is 45.7 Å². The molecule has 0 unspecified atom stereocenters. The standard InChI is InChI=1S/C15H19NO7S/c1-5-24(19,20)16(2)15-13(18)12(17)14(23-15)11-9(21-3)7-6-8-10(11)22-4/h6-8,17-18H,5H2,1-4H3. The molecule has 2 aromatic rings. The molecule has 9 heteroatoms. The first-order valence-corrected chi connectivity index (χ1v) is 8.62. The van der Waals surface area contributed by atoms with E-state index < -0.39 is 27.4 Å². The third kappa shape index (κ3) is 2.82. The van der Waals surface area contributed by atoms with Gasteiger partial charge in [0.05, 0.1) is 20.0 Å². The van der Waals surface area contributed by atoms with E-state index in [1.165, 1.54) is 28.2 Å². The number of nitrogens with zero attached hydrogens (tertiary/aromatic N) is 1. The van der Waals surface area contributed by atoms with Gasteiger partial charge in [0, 0.05) is 7.05 Å². The minimum Gasteiger partial charge on any atom is -0.502 e. The smallest absolute Gasteiger partial charge is 0.256 e. The Kier molecular flexibility index (Phi) is 4.83. The van der Waals surface area contributed by atoms with Crippen molar-refractivity contribution in [3.8, 4) is 34.3 Å². The van der Waals surface area contributed by atoms with Crippen molar-refractivity contribution in [1.82, 2.24) is 0 Å². The third-order valence-electron chi connectivity index (χ3n) is 3.56. The molecule has 0 saturated heterocycles. The summed E-state index contributed by atoms with van der Waals surface area (Å²) in [6, 6.07) is 4.90. The Hall–Kier alpha value is -2.55. The second-order valence-electron chi connectivity index (χ2n) is 4.84. The topological polar surface area (TPSA) is 109 Å². The van der Waals surface area contributed by atoms with E-state index in [-0.39, 0.29) is 17.1 Å². The Morgan fingerprint density at radius 2 is 1.67 bits per heavy atom. The summed E-state index contributed by atoms with van der Waals surface area (Å²) >= 11 is 0. The summed E-state index contributed by atoms with van der Waals surface area (Å²) in [5.41, 5.74) is 0.254. The average Bonchev–Trinajstić information content (AvgIpc) is 2.88. The van der Waals surface area contributed by atoms with Gasteiger partial charge in [-0.2, -0.15) is 0 Å². The first kappa shape index (κ1) is 17.8. The number of methoxy groups -OCH3 is 2. The summed E-state index contributed by atoms with van der Waals surface area (Å²) in [5.74, 6) is -1.38. The average molecular weight is 357 g/mol. The van der Waals surface area contributed by atoms with E-state index in [1.807, 2.05) is 0 Å². The van der Waals surface area contributed by atoms with Gasteiger partial charge in [-0.3, -0.25) is 0 Å². The SMILES string of the molecule is CCS(=O)(=O)N(C)c1oc(-c2c(OC)cccc2OC)c(O)c1O. The lowest BCUT2D eigenvalue weighted by Crippen LogP contribution is -2.27. The molecule has 132 valence electrons. The summed E-state index contributed by atoms with van der Waals surface area (Å²) in [6.07, 6.45) is 0. The molecule has 0 saturated carbocycles. The summed E-state index contributed by atoms with van der Waals surface area (Å²) in [7, 11) is 0.384. The van der Waals surface area contributed by atoms with Crippen LogP contribution in [0.4, 0.5) is 5.88 Å². The maximum absolute atomic E-state index is 12.0. The number of sulfonamides is 1. The van der Waals surface area contributed by atoms with E-state index >= 15 is 0 Å². The zero-order chi connectivity index (χ0) is 18.1. The van der Waals surface area contributed by atoms with Crippen LogP contribution in [0.3, 0.4) is 0 Å². The fourth-order valence-corrected chi connectivity index (χ4v) is 2.94. The van der Waals surface area contributed by atoms with Crippen molar-refractivity contribution < 1.29 is 32.5 Å². The number of rotatable bonds is 6. The van der Waals surface area contributed by atoms with Crippen LogP contribution in [0.15, 0.2) is 22.6 Å². The molecule has 24 heavy (non-hydrogen) atoms. The highest BCUT2D eigenvalue weighted by molar-refractivity contribution is 7.92. The van der Waals surface area contributed by atoms with E-state index in [2.05, 4.69) is 0 Å². The molecule has 0 fully saturated rings. The van der Waals surface area contributed by atoms with Gasteiger partial charge in [0.2, 0.25) is 21.5 Å². The lowest BCUT2D eigenvalue weighted by atomic mass is 10.1. The van der Waals surface area contributed by atoms with Crippen molar-refractivity contribution >= 4 is 15.9 Å². The van der Waals surface area contributed by atoms with Crippen LogP contribution < -0.4 is 13.8 Å². The molecule has 0 atom stereocenters. The number of benzene rings is 1. The number of hydrogen-bond donors (Lipinski definition) is 2. The zero-order valence-electron chi connectivity index (χ0n) is 13.7. The summed E-state index contributed by atoms with van der Waals surface area (Å²) in [6.45, 7) is 1.45. The Balaban J connectivity index is 2.70. The van der Waals surface area contributed by atoms with E-state index in [0.717, 1.165) is 4.31 Å². The van der Waals surface area contributed by atoms with Gasteiger partial charge in [-0.25, -0.2) is 12.7 Å². The lowest BCUT2D eigenvalue weighted by molar-refractivity contribution is 0.391. The minimum atomic E-state index is -3.68. The number of ether oxygens (including phenoxy) is 2. The van der Waals surface area contributed by atoms with Crippen LogP contribution in [0, 0.1) is 0 Å². The molecule has 0 aliphatic carbocycles. The Morgan fingerprint density at radius 3 is 2.12 bits per heavy atom. The summed E-state index contributed by atoms with van der Waals surface area (Å²) in [4.78, 5) is 0. The van der Waals surface area contributed by atoms with Gasteiger partial charge in [-0.15, -0.1) is 0 Å². The molecule has 1 aromatic carbocycles. The predicted molar refractivity (Wildman–Crippen MR) is 88.4 cm³/mol. The van der Waals surface area contributed by atoms with Crippen molar-refractivity contribution in [1.29, 1.82) is 0 Å². The van der Waals surface area contributed by atoms with Crippen LogP contribution in [0.5, 0.6) is 23.0 Å². The lowest BCUT2D eigenvalue weighted by Gasteiger charge is -2.15. The van der Waals surface area contributed by atoms with Gasteiger partial charge in [0.1, 0.15) is 17.1 Å². The summed E-state index contributed by atoms with van der Waals surface area (Å²) in [5, 5.41) is 20.3. The maximum atomic E-state index is 12.0. The van der Waals surface area contributed by atoms with E-state index in [9.17, 15) is 18.6 Å². The van der Waals surface area contributed by atoms with E-state index in [4.69, 9.17) is 13.9 Å². The fraction of sp³-hybridized carbons (Fsp3) is 0.333. The maximum Gasteiger partial charge on any atom is 0.256 e. The van der Waals surface area contributed by atoms with Gasteiger partial charge in [0.25, 0.3) is 5.88 Å². The molecule has 0 aliphatic rings. The number of furan rings is 1. The Morgan fingerprint density at radius 1 is 1.12 bits per heavy atom. The first-order valence-electron chi connectivity index (χ1n) is 7.01. The monoisotopic (exact) mass is 357 g/mol. The second-order valence-corrected chi connectivity index (χ2v) is 7.13. The van der Waals surface area contributed by atoms with Crippen molar-refractivity contribution in [3.05, 3.63) is 18.2 Å². The molecule has 0 spiro atoms. The van der Waals surface area contributed by atoms with Gasteiger partial charge in [0.15, 0.2) is 5.76 Å². The largest absolute Gasteiger partial charge is 0.502 e. The quantitative estimate of drug-likeness (QED) is 0.815. The number of hydrogen-bond acceptors (Lipinski definition) is 7. The normalized spacial score (nSPS) is 11.3. The van der Waals surface area contributed by atoms with Gasteiger partial charge < -0.3 is 24.1 Å². The molecule has 0 amide bonds. The van der Waals surface area contributed by atoms with Gasteiger partial charge in [-0.05, 0) is 19.1 Å². The number of anilines is 1. The van der Waals surface area contributed by atoms with Crippen LogP contribution >= 0.6 is 0 Å². The molecular formula is C15H19NO7S. The predicted octanol–water partition coefficient (Wildman–Crippen LogP) is 2.16.